The Bertz CT molecular complexity index is 690. The highest BCUT2D eigenvalue weighted by Gasteiger charge is 2.23. The molecule has 1 unspecified atom stereocenters. The molecule has 0 saturated carbocycles. The fraction of sp³-hybridized carbons (Fsp3) is 0.188. The van der Waals surface area contributed by atoms with Gasteiger partial charge in [-0.05, 0) is 24.3 Å². The summed E-state index contributed by atoms with van der Waals surface area (Å²) in [5.74, 6) is 0.626. The summed E-state index contributed by atoms with van der Waals surface area (Å²) in [5, 5.41) is 3.44. The fourth-order valence-electron chi connectivity index (χ4n) is 2.42. The fourth-order valence-corrected chi connectivity index (χ4v) is 2.82. The van der Waals surface area contributed by atoms with Gasteiger partial charge in [-0.2, -0.15) is 0 Å². The van der Waals surface area contributed by atoms with Crippen molar-refractivity contribution >= 4 is 30.1 Å². The van der Waals surface area contributed by atoms with Gasteiger partial charge >= 0.3 is 0 Å². The minimum atomic E-state index is -0.197. The smallest absolute Gasteiger partial charge is 0.253 e. The van der Waals surface area contributed by atoms with Crippen molar-refractivity contribution in [2.24, 2.45) is 0 Å². The summed E-state index contributed by atoms with van der Waals surface area (Å²) in [4.78, 5) is 13.1. The lowest BCUT2D eigenvalue weighted by Crippen LogP contribution is -2.32. The summed E-state index contributed by atoms with van der Waals surface area (Å²) < 4.78 is 5.59. The molecular weight excluding hydrogens is 306 g/mol. The second-order valence-electron chi connectivity index (χ2n) is 4.87. The number of hydrogen-bond acceptors (Lipinski definition) is 3. The van der Waals surface area contributed by atoms with Crippen LogP contribution in [0, 0.1) is 0 Å². The average Bonchev–Trinajstić information content (AvgIpc) is 2.50. The van der Waals surface area contributed by atoms with Crippen LogP contribution in [0.15, 0.2) is 47.4 Å². The molecule has 0 aliphatic carbocycles. The van der Waals surface area contributed by atoms with E-state index in [1.54, 1.807) is 18.2 Å². The van der Waals surface area contributed by atoms with E-state index in [9.17, 15) is 4.79 Å². The van der Waals surface area contributed by atoms with Crippen LogP contribution in [0.2, 0.25) is 5.02 Å². The highest BCUT2D eigenvalue weighted by molar-refractivity contribution is 7.80. The van der Waals surface area contributed by atoms with Gasteiger partial charge in [0, 0.05) is 16.9 Å². The van der Waals surface area contributed by atoms with E-state index >= 15 is 0 Å². The number of para-hydroxylation sites is 1. The molecule has 21 heavy (non-hydrogen) atoms. The van der Waals surface area contributed by atoms with E-state index in [0.29, 0.717) is 22.1 Å². The van der Waals surface area contributed by atoms with E-state index in [4.69, 9.17) is 16.3 Å². The van der Waals surface area contributed by atoms with Crippen LogP contribution in [0.3, 0.4) is 0 Å². The maximum atomic E-state index is 12.4. The van der Waals surface area contributed by atoms with Gasteiger partial charge < -0.3 is 10.1 Å². The van der Waals surface area contributed by atoms with Crippen LogP contribution < -0.4 is 10.1 Å². The number of hydrogen-bond donors (Lipinski definition) is 2. The molecule has 0 fully saturated rings. The van der Waals surface area contributed by atoms with Gasteiger partial charge in [-0.1, -0.05) is 29.8 Å². The highest BCUT2D eigenvalue weighted by atomic mass is 35.5. The van der Waals surface area contributed by atoms with Gasteiger partial charge in [0.1, 0.15) is 5.75 Å². The predicted molar refractivity (Wildman–Crippen MR) is 85.5 cm³/mol. The van der Waals surface area contributed by atoms with E-state index < -0.39 is 0 Å². The Morgan fingerprint density at radius 1 is 1.29 bits per heavy atom. The normalized spacial score (nSPS) is 16.8. The van der Waals surface area contributed by atoms with Crippen LogP contribution in [0.5, 0.6) is 5.75 Å². The maximum Gasteiger partial charge on any atom is 0.253 e. The topological polar surface area (TPSA) is 38.3 Å². The van der Waals surface area contributed by atoms with Gasteiger partial charge in [0.25, 0.3) is 5.91 Å². The molecular formula is C16H14ClNO2S. The first-order chi connectivity index (χ1) is 10.1. The zero-order valence-electron chi connectivity index (χ0n) is 11.2. The molecule has 108 valence electrons. The van der Waals surface area contributed by atoms with Gasteiger partial charge in [-0.15, -0.1) is 12.6 Å². The summed E-state index contributed by atoms with van der Waals surface area (Å²) in [6.07, 6.45) is 0.737. The summed E-state index contributed by atoms with van der Waals surface area (Å²) in [7, 11) is 0. The zero-order chi connectivity index (χ0) is 14.8. The number of benzene rings is 2. The molecule has 1 amide bonds. The third-order valence-corrected chi connectivity index (χ3v) is 4.07. The molecule has 0 saturated heterocycles. The lowest BCUT2D eigenvalue weighted by Gasteiger charge is -2.26. The van der Waals surface area contributed by atoms with Crippen molar-refractivity contribution in [2.75, 3.05) is 6.61 Å². The van der Waals surface area contributed by atoms with Gasteiger partial charge in [-0.3, -0.25) is 4.79 Å². The van der Waals surface area contributed by atoms with Crippen LogP contribution in [-0.2, 0) is 0 Å². The predicted octanol–water partition coefficient (Wildman–Crippen LogP) is 3.88. The van der Waals surface area contributed by atoms with Crippen LogP contribution in [-0.4, -0.2) is 12.5 Å². The van der Waals surface area contributed by atoms with Crippen LogP contribution in [0.4, 0.5) is 0 Å². The van der Waals surface area contributed by atoms with E-state index in [0.717, 1.165) is 17.7 Å². The van der Waals surface area contributed by atoms with Crippen LogP contribution in [0.1, 0.15) is 28.4 Å². The number of carbonyl (C=O) groups excluding carboxylic acids is 1. The highest BCUT2D eigenvalue weighted by Crippen LogP contribution is 2.32. The molecule has 2 aromatic rings. The summed E-state index contributed by atoms with van der Waals surface area (Å²) in [6, 6.07) is 12.8. The number of halogens is 1. The van der Waals surface area contributed by atoms with Crippen molar-refractivity contribution in [2.45, 2.75) is 17.4 Å². The molecule has 1 heterocycles. The largest absolute Gasteiger partial charge is 0.493 e. The number of thiol groups is 1. The van der Waals surface area contributed by atoms with Crippen molar-refractivity contribution in [1.82, 2.24) is 5.32 Å². The Hall–Kier alpha value is -1.65. The van der Waals surface area contributed by atoms with E-state index in [1.807, 2.05) is 24.3 Å². The number of amides is 1. The zero-order valence-corrected chi connectivity index (χ0v) is 12.8. The number of nitrogens with one attached hydrogen (secondary N) is 1. The lowest BCUT2D eigenvalue weighted by molar-refractivity contribution is 0.0924. The van der Waals surface area contributed by atoms with Crippen molar-refractivity contribution in [3.8, 4) is 5.75 Å². The molecule has 1 aliphatic rings. The van der Waals surface area contributed by atoms with Crippen LogP contribution >= 0.6 is 24.2 Å². The van der Waals surface area contributed by atoms with Crippen molar-refractivity contribution < 1.29 is 9.53 Å². The number of rotatable bonds is 2. The first-order valence-corrected chi connectivity index (χ1v) is 7.49. The molecule has 0 bridgehead atoms. The second kappa shape index (κ2) is 6.00. The summed E-state index contributed by atoms with van der Waals surface area (Å²) in [6.45, 7) is 0.586. The lowest BCUT2D eigenvalue weighted by atomic mass is 10.00. The molecule has 3 nitrogen and oxygen atoms in total. The minimum absolute atomic E-state index is 0.0675. The molecule has 1 aliphatic heterocycles. The summed E-state index contributed by atoms with van der Waals surface area (Å²) >= 11 is 10.3. The van der Waals surface area contributed by atoms with E-state index in [-0.39, 0.29) is 11.9 Å². The maximum absolute atomic E-state index is 12.4. The number of ether oxygens (including phenoxy) is 1. The molecule has 0 spiro atoms. The monoisotopic (exact) mass is 319 g/mol. The molecule has 0 radical (unpaired) electrons. The number of carbonyl (C=O) groups is 1. The van der Waals surface area contributed by atoms with Gasteiger partial charge in [0.15, 0.2) is 0 Å². The van der Waals surface area contributed by atoms with Gasteiger partial charge in [0.2, 0.25) is 0 Å². The second-order valence-corrected chi connectivity index (χ2v) is 5.79. The standard InChI is InChI=1S/C16H14ClNO2S/c17-13-6-5-10(21)9-12(13)16(19)18-14-7-8-20-15-4-2-1-3-11(14)15/h1-6,9,14,21H,7-8H2,(H,18,19). The Labute approximate surface area is 133 Å². The van der Waals surface area contributed by atoms with E-state index in [2.05, 4.69) is 17.9 Å². The Balaban J connectivity index is 1.84. The first-order valence-electron chi connectivity index (χ1n) is 6.66. The third kappa shape index (κ3) is 3.01. The van der Waals surface area contributed by atoms with Gasteiger partial charge in [0.05, 0.1) is 23.2 Å². The number of fused-ring (bicyclic) bond motifs is 1. The Morgan fingerprint density at radius 2 is 2.10 bits per heavy atom. The van der Waals surface area contributed by atoms with Crippen molar-refractivity contribution in [3.63, 3.8) is 0 Å². The minimum Gasteiger partial charge on any atom is -0.493 e. The Morgan fingerprint density at radius 3 is 2.95 bits per heavy atom. The molecule has 3 rings (SSSR count). The average molecular weight is 320 g/mol. The quantitative estimate of drug-likeness (QED) is 0.824. The SMILES string of the molecule is O=C(NC1CCOc2ccccc21)c1cc(S)ccc1Cl. The van der Waals surface area contributed by atoms with Crippen molar-refractivity contribution in [1.29, 1.82) is 0 Å². The molecule has 1 N–H and O–H groups in total. The first kappa shape index (κ1) is 14.3. The Kier molecular flexibility index (Phi) is 4.08. The molecule has 1 atom stereocenters. The molecule has 2 aromatic carbocycles. The summed E-state index contributed by atoms with van der Waals surface area (Å²) in [5.41, 5.74) is 1.43. The molecule has 0 aromatic heterocycles. The third-order valence-electron chi connectivity index (χ3n) is 3.46. The van der Waals surface area contributed by atoms with Crippen molar-refractivity contribution in [3.05, 3.63) is 58.6 Å². The van der Waals surface area contributed by atoms with Crippen LogP contribution in [0.25, 0.3) is 0 Å². The van der Waals surface area contributed by atoms with Gasteiger partial charge in [-0.25, -0.2) is 0 Å². The van der Waals surface area contributed by atoms with E-state index in [1.165, 1.54) is 0 Å². The molecule has 5 heteroatoms.